The third-order valence-corrected chi connectivity index (χ3v) is 6.25. The van der Waals surface area contributed by atoms with Gasteiger partial charge in [-0.15, -0.1) is 0 Å². The molecule has 1 atom stereocenters. The van der Waals surface area contributed by atoms with Crippen molar-refractivity contribution in [3.63, 3.8) is 0 Å². The number of carbonyl (C=O) groups is 1. The summed E-state index contributed by atoms with van der Waals surface area (Å²) in [5, 5.41) is 0. The zero-order valence-electron chi connectivity index (χ0n) is 13.5. The second-order valence-electron chi connectivity index (χ2n) is 7.26. The second kappa shape index (κ2) is 6.16. The quantitative estimate of drug-likeness (QED) is 0.602. The van der Waals surface area contributed by atoms with Crippen LogP contribution in [-0.4, -0.2) is 26.4 Å². The van der Waals surface area contributed by atoms with Crippen molar-refractivity contribution in [2.75, 3.05) is 6.54 Å². The highest BCUT2D eigenvalue weighted by atomic mass is 79.9. The van der Waals surface area contributed by atoms with Gasteiger partial charge in [-0.1, -0.05) is 69.1 Å². The van der Waals surface area contributed by atoms with E-state index in [-0.39, 0.29) is 14.7 Å². The molecule has 1 aliphatic carbocycles. The molecule has 0 unspecified atom stereocenters. The third-order valence-electron chi connectivity index (χ3n) is 3.78. The molecule has 0 heterocycles. The average molecular weight is 433 g/mol. The topological polar surface area (TPSA) is 29.5 Å². The van der Waals surface area contributed by atoms with Crippen LogP contribution in [0.15, 0.2) is 30.3 Å². The van der Waals surface area contributed by atoms with Gasteiger partial charge in [0.1, 0.15) is 5.60 Å². The van der Waals surface area contributed by atoms with Gasteiger partial charge in [-0.25, -0.2) is 4.79 Å². The standard InChI is InChI=1S/C17H23Br2NO2/c1-15(2,3)22-14(21)20(10-13-8-6-5-7-9-13)12-16(4)11-17(16,18)19/h5-9H,10-12H2,1-4H3/t16-/m0/s1. The van der Waals surface area contributed by atoms with E-state index >= 15 is 0 Å². The van der Waals surface area contributed by atoms with Crippen LogP contribution < -0.4 is 0 Å². The van der Waals surface area contributed by atoms with Crippen LogP contribution in [0.4, 0.5) is 4.79 Å². The maximum atomic E-state index is 12.6. The van der Waals surface area contributed by atoms with Gasteiger partial charge in [-0.05, 0) is 32.8 Å². The smallest absolute Gasteiger partial charge is 0.410 e. The van der Waals surface area contributed by atoms with Crippen molar-refractivity contribution >= 4 is 38.0 Å². The van der Waals surface area contributed by atoms with E-state index in [1.165, 1.54) is 0 Å². The molecule has 22 heavy (non-hydrogen) atoms. The maximum Gasteiger partial charge on any atom is 0.410 e. The number of carbonyl (C=O) groups excluding carboxylic acids is 1. The van der Waals surface area contributed by atoms with E-state index in [4.69, 9.17) is 4.74 Å². The number of ether oxygens (including phenoxy) is 1. The number of hydrogen-bond donors (Lipinski definition) is 0. The van der Waals surface area contributed by atoms with Crippen LogP contribution in [-0.2, 0) is 11.3 Å². The molecule has 1 saturated carbocycles. The Bertz CT molecular complexity index is 539. The molecule has 1 amide bonds. The van der Waals surface area contributed by atoms with E-state index < -0.39 is 5.60 Å². The Kier molecular flexibility index (Phi) is 4.98. The zero-order valence-corrected chi connectivity index (χ0v) is 16.7. The molecule has 1 fully saturated rings. The Labute approximate surface area is 149 Å². The minimum atomic E-state index is -0.490. The van der Waals surface area contributed by atoms with Gasteiger partial charge < -0.3 is 9.64 Å². The first kappa shape index (κ1) is 17.8. The molecule has 122 valence electrons. The van der Waals surface area contributed by atoms with Crippen molar-refractivity contribution < 1.29 is 9.53 Å². The first-order chi connectivity index (χ1) is 10.0. The summed E-state index contributed by atoms with van der Waals surface area (Å²) in [6, 6.07) is 10.0. The maximum absolute atomic E-state index is 12.6. The fourth-order valence-corrected chi connectivity index (χ4v) is 3.84. The van der Waals surface area contributed by atoms with Crippen molar-refractivity contribution in [2.24, 2.45) is 5.41 Å². The van der Waals surface area contributed by atoms with Gasteiger partial charge >= 0.3 is 6.09 Å². The fourth-order valence-electron chi connectivity index (χ4n) is 2.35. The van der Waals surface area contributed by atoms with Gasteiger partial charge in [0.2, 0.25) is 0 Å². The summed E-state index contributed by atoms with van der Waals surface area (Å²) in [5.74, 6) is 0. The Balaban J connectivity index is 2.12. The summed E-state index contributed by atoms with van der Waals surface area (Å²) in [6.45, 7) is 9.05. The highest BCUT2D eigenvalue weighted by Crippen LogP contribution is 2.66. The van der Waals surface area contributed by atoms with Crippen LogP contribution >= 0.6 is 31.9 Å². The molecule has 1 aliphatic rings. The number of amides is 1. The molecule has 1 aromatic rings. The highest BCUT2D eigenvalue weighted by molar-refractivity contribution is 9.25. The lowest BCUT2D eigenvalue weighted by atomic mass is 10.1. The third kappa shape index (κ3) is 4.48. The van der Waals surface area contributed by atoms with Crippen LogP contribution in [0.2, 0.25) is 0 Å². The molecule has 0 aromatic heterocycles. The SMILES string of the molecule is CC(C)(C)OC(=O)N(Cc1ccccc1)C[C@]1(C)CC1(Br)Br. The molecule has 1 aromatic carbocycles. The normalized spacial score (nSPS) is 23.0. The summed E-state index contributed by atoms with van der Waals surface area (Å²) in [6.07, 6.45) is 0.717. The molecule has 0 aliphatic heterocycles. The number of alkyl halides is 2. The van der Waals surface area contributed by atoms with Gasteiger partial charge in [0.25, 0.3) is 0 Å². The molecule has 5 heteroatoms. The number of hydrogen-bond acceptors (Lipinski definition) is 2. The Morgan fingerprint density at radius 2 is 1.82 bits per heavy atom. The van der Waals surface area contributed by atoms with Crippen LogP contribution in [0.25, 0.3) is 0 Å². The first-order valence-electron chi connectivity index (χ1n) is 7.42. The molecule has 0 saturated heterocycles. The summed E-state index contributed by atoms with van der Waals surface area (Å²) in [7, 11) is 0. The average Bonchev–Trinajstić information content (AvgIpc) is 2.86. The summed E-state index contributed by atoms with van der Waals surface area (Å²) >= 11 is 7.34. The van der Waals surface area contributed by atoms with E-state index in [2.05, 4.69) is 38.8 Å². The molecular weight excluding hydrogens is 410 g/mol. The lowest BCUT2D eigenvalue weighted by molar-refractivity contribution is 0.0197. The molecule has 3 nitrogen and oxygen atoms in total. The molecule has 2 rings (SSSR count). The van der Waals surface area contributed by atoms with E-state index in [1.807, 2.05) is 51.1 Å². The Morgan fingerprint density at radius 1 is 1.27 bits per heavy atom. The Hall–Kier alpha value is -0.550. The van der Waals surface area contributed by atoms with Crippen molar-refractivity contribution in [3.05, 3.63) is 35.9 Å². The van der Waals surface area contributed by atoms with Crippen LogP contribution in [0.3, 0.4) is 0 Å². The van der Waals surface area contributed by atoms with Crippen molar-refractivity contribution in [3.8, 4) is 0 Å². The van der Waals surface area contributed by atoms with E-state index in [0.29, 0.717) is 13.1 Å². The highest BCUT2D eigenvalue weighted by Gasteiger charge is 2.62. The molecule has 0 spiro atoms. The fraction of sp³-hybridized carbons (Fsp3) is 0.588. The number of benzene rings is 1. The number of halogens is 2. The van der Waals surface area contributed by atoms with Gasteiger partial charge in [0.05, 0.1) is 3.23 Å². The predicted molar refractivity (Wildman–Crippen MR) is 96.4 cm³/mol. The van der Waals surface area contributed by atoms with Gasteiger partial charge in [0, 0.05) is 18.5 Å². The van der Waals surface area contributed by atoms with Gasteiger partial charge in [0.15, 0.2) is 0 Å². The Morgan fingerprint density at radius 3 is 2.27 bits per heavy atom. The summed E-state index contributed by atoms with van der Waals surface area (Å²) in [5.41, 5.74) is 0.627. The molecular formula is C17H23Br2NO2. The first-order valence-corrected chi connectivity index (χ1v) is 9.01. The minimum absolute atomic E-state index is 0.0126. The van der Waals surface area contributed by atoms with E-state index in [0.717, 1.165) is 12.0 Å². The minimum Gasteiger partial charge on any atom is -0.444 e. The number of nitrogens with zero attached hydrogens (tertiary/aromatic N) is 1. The van der Waals surface area contributed by atoms with Crippen molar-refractivity contribution in [2.45, 2.75) is 49.5 Å². The number of rotatable bonds is 4. The van der Waals surface area contributed by atoms with Crippen molar-refractivity contribution in [1.29, 1.82) is 0 Å². The zero-order chi connectivity index (χ0) is 16.6. The molecule has 0 bridgehead atoms. The molecule has 0 radical (unpaired) electrons. The second-order valence-corrected chi connectivity index (χ2v) is 11.0. The van der Waals surface area contributed by atoms with Crippen LogP contribution in [0, 0.1) is 5.41 Å². The van der Waals surface area contributed by atoms with Gasteiger partial charge in [-0.3, -0.25) is 0 Å². The van der Waals surface area contributed by atoms with Crippen LogP contribution in [0.1, 0.15) is 39.7 Å². The van der Waals surface area contributed by atoms with Crippen molar-refractivity contribution in [1.82, 2.24) is 4.90 Å². The predicted octanol–water partition coefficient (Wildman–Crippen LogP) is 5.32. The van der Waals surface area contributed by atoms with Gasteiger partial charge in [-0.2, -0.15) is 0 Å². The van der Waals surface area contributed by atoms with E-state index in [9.17, 15) is 4.79 Å². The summed E-state index contributed by atoms with van der Waals surface area (Å²) in [4.78, 5) is 14.3. The largest absolute Gasteiger partial charge is 0.444 e. The molecule has 0 N–H and O–H groups in total. The summed E-state index contributed by atoms with van der Waals surface area (Å²) < 4.78 is 5.49. The lowest BCUT2D eigenvalue weighted by Gasteiger charge is -2.30. The van der Waals surface area contributed by atoms with E-state index in [1.54, 1.807) is 4.90 Å². The lowest BCUT2D eigenvalue weighted by Crippen LogP contribution is -2.40. The monoisotopic (exact) mass is 431 g/mol. The van der Waals surface area contributed by atoms with Crippen LogP contribution in [0.5, 0.6) is 0 Å².